The molecule has 3 heteroatoms. The summed E-state index contributed by atoms with van der Waals surface area (Å²) >= 11 is 4.41. The third-order valence-electron chi connectivity index (χ3n) is 1.34. The molecule has 0 unspecified atom stereocenters. The van der Waals surface area contributed by atoms with Crippen molar-refractivity contribution in [3.63, 3.8) is 0 Å². The van der Waals surface area contributed by atoms with Crippen molar-refractivity contribution >= 4 is 18.5 Å². The molecule has 0 spiro atoms. The van der Waals surface area contributed by atoms with Crippen molar-refractivity contribution in [1.82, 2.24) is 5.32 Å². The van der Waals surface area contributed by atoms with Crippen molar-refractivity contribution in [2.75, 3.05) is 13.1 Å². The molecule has 0 radical (unpaired) electrons. The van der Waals surface area contributed by atoms with Gasteiger partial charge >= 0.3 is 0 Å². The van der Waals surface area contributed by atoms with Crippen molar-refractivity contribution in [1.29, 1.82) is 0 Å². The molecule has 0 saturated heterocycles. The quantitative estimate of drug-likeness (QED) is 0.578. The maximum absolute atomic E-state index is 4.41. The second-order valence-corrected chi connectivity index (χ2v) is 4.46. The zero-order valence-corrected chi connectivity index (χ0v) is 7.41. The number of amidine groups is 1. The van der Waals surface area contributed by atoms with Crippen LogP contribution in [0.1, 0.15) is 20.3 Å². The molecular weight excluding hydrogens is 144 g/mol. The fourth-order valence-corrected chi connectivity index (χ4v) is 1.12. The van der Waals surface area contributed by atoms with Crippen LogP contribution in [0, 0.1) is 0 Å². The summed E-state index contributed by atoms with van der Waals surface area (Å²) in [5, 5.41) is 3.21. The summed E-state index contributed by atoms with van der Waals surface area (Å²) in [5.74, 6) is 1.11. The number of aliphatic imine (C=N–C) groups is 1. The third-order valence-corrected chi connectivity index (χ3v) is 1.50. The summed E-state index contributed by atoms with van der Waals surface area (Å²) in [6.45, 7) is 6.12. The van der Waals surface area contributed by atoms with Gasteiger partial charge in [-0.3, -0.25) is 4.99 Å². The van der Waals surface area contributed by atoms with Crippen LogP contribution in [0.15, 0.2) is 4.99 Å². The van der Waals surface area contributed by atoms with E-state index < -0.39 is 0 Å². The molecule has 1 rings (SSSR count). The van der Waals surface area contributed by atoms with Crippen molar-refractivity contribution in [3.05, 3.63) is 0 Å². The van der Waals surface area contributed by atoms with Crippen molar-refractivity contribution < 1.29 is 0 Å². The largest absolute Gasteiger partial charge is 0.372 e. The zero-order valence-electron chi connectivity index (χ0n) is 6.52. The lowest BCUT2D eigenvalue weighted by Crippen LogP contribution is -2.25. The Morgan fingerprint density at radius 1 is 1.70 bits per heavy atom. The molecule has 0 bridgehead atoms. The van der Waals surface area contributed by atoms with Gasteiger partial charge in [-0.2, -0.15) is 12.6 Å². The monoisotopic (exact) mass is 158 g/mol. The van der Waals surface area contributed by atoms with E-state index in [2.05, 4.69) is 36.8 Å². The molecule has 1 heterocycles. The molecule has 2 nitrogen and oxygen atoms in total. The fraction of sp³-hybridized carbons (Fsp3) is 0.857. The normalized spacial score (nSPS) is 18.5. The number of thiol groups is 1. The van der Waals surface area contributed by atoms with Gasteiger partial charge in [-0.05, 0) is 0 Å². The lowest BCUT2D eigenvalue weighted by Gasteiger charge is -2.16. The van der Waals surface area contributed by atoms with E-state index >= 15 is 0 Å². The summed E-state index contributed by atoms with van der Waals surface area (Å²) < 4.78 is 0.0656. The van der Waals surface area contributed by atoms with Gasteiger partial charge in [0.1, 0.15) is 0 Å². The number of nitrogens with zero attached hydrogens (tertiary/aromatic N) is 1. The van der Waals surface area contributed by atoms with Crippen LogP contribution in [0.4, 0.5) is 0 Å². The van der Waals surface area contributed by atoms with Gasteiger partial charge in [0, 0.05) is 17.7 Å². The number of hydrogen-bond acceptors (Lipinski definition) is 3. The van der Waals surface area contributed by atoms with Crippen LogP contribution >= 0.6 is 12.6 Å². The van der Waals surface area contributed by atoms with Crippen LogP contribution in [0.2, 0.25) is 0 Å². The van der Waals surface area contributed by atoms with Crippen LogP contribution in [0.5, 0.6) is 0 Å². The van der Waals surface area contributed by atoms with Crippen LogP contribution < -0.4 is 5.32 Å². The standard InChI is InChI=1S/C7H14N2S/c1-7(2,10)5-6-8-3-4-9-6/h10H,3-5H2,1-2H3,(H,8,9). The number of hydrogen-bond donors (Lipinski definition) is 2. The van der Waals surface area contributed by atoms with Crippen molar-refractivity contribution in [2.45, 2.75) is 25.0 Å². The molecule has 0 aromatic carbocycles. The van der Waals surface area contributed by atoms with E-state index in [1.54, 1.807) is 0 Å². The van der Waals surface area contributed by atoms with E-state index in [0.717, 1.165) is 25.3 Å². The van der Waals surface area contributed by atoms with Gasteiger partial charge < -0.3 is 5.32 Å². The molecule has 10 heavy (non-hydrogen) atoms. The molecule has 0 amide bonds. The SMILES string of the molecule is CC(C)(S)CC1=NCCN1. The van der Waals surface area contributed by atoms with E-state index in [4.69, 9.17) is 0 Å². The van der Waals surface area contributed by atoms with Gasteiger partial charge in [0.25, 0.3) is 0 Å². The molecule has 0 atom stereocenters. The van der Waals surface area contributed by atoms with E-state index in [0.29, 0.717) is 0 Å². The highest BCUT2D eigenvalue weighted by molar-refractivity contribution is 7.81. The summed E-state index contributed by atoms with van der Waals surface area (Å²) in [4.78, 5) is 4.28. The minimum Gasteiger partial charge on any atom is -0.372 e. The minimum atomic E-state index is 0.0656. The first-order chi connectivity index (χ1) is 4.58. The molecule has 1 N–H and O–H groups in total. The summed E-state index contributed by atoms with van der Waals surface area (Å²) in [7, 11) is 0. The Bertz CT molecular complexity index is 146. The van der Waals surface area contributed by atoms with Crippen molar-refractivity contribution in [2.24, 2.45) is 4.99 Å². The Morgan fingerprint density at radius 2 is 2.40 bits per heavy atom. The Balaban J connectivity index is 2.38. The molecule has 1 aliphatic rings. The topological polar surface area (TPSA) is 24.4 Å². The maximum atomic E-state index is 4.41. The van der Waals surface area contributed by atoms with Crippen LogP contribution in [0.25, 0.3) is 0 Å². The van der Waals surface area contributed by atoms with Gasteiger partial charge in [-0.25, -0.2) is 0 Å². The Kier molecular flexibility index (Phi) is 2.24. The highest BCUT2D eigenvalue weighted by Crippen LogP contribution is 2.17. The summed E-state index contributed by atoms with van der Waals surface area (Å²) in [5.41, 5.74) is 0. The van der Waals surface area contributed by atoms with Gasteiger partial charge in [0.05, 0.1) is 12.4 Å². The molecule has 1 aliphatic heterocycles. The highest BCUT2D eigenvalue weighted by atomic mass is 32.1. The summed E-state index contributed by atoms with van der Waals surface area (Å²) in [6, 6.07) is 0. The average molecular weight is 158 g/mol. The molecule has 58 valence electrons. The van der Waals surface area contributed by atoms with Gasteiger partial charge in [0.15, 0.2) is 0 Å². The second kappa shape index (κ2) is 2.82. The lowest BCUT2D eigenvalue weighted by atomic mass is 10.1. The maximum Gasteiger partial charge on any atom is 0.0978 e. The smallest absolute Gasteiger partial charge is 0.0978 e. The van der Waals surface area contributed by atoms with Crippen LogP contribution in [-0.4, -0.2) is 23.7 Å². The van der Waals surface area contributed by atoms with Gasteiger partial charge in [0.2, 0.25) is 0 Å². The summed E-state index contributed by atoms with van der Waals surface area (Å²) in [6.07, 6.45) is 0.941. The number of rotatable bonds is 2. The van der Waals surface area contributed by atoms with E-state index in [-0.39, 0.29) is 4.75 Å². The second-order valence-electron chi connectivity index (χ2n) is 3.24. The molecule has 0 aromatic heterocycles. The number of nitrogens with one attached hydrogen (secondary N) is 1. The Hall–Kier alpha value is -0.180. The third kappa shape index (κ3) is 2.60. The van der Waals surface area contributed by atoms with Crippen molar-refractivity contribution in [3.8, 4) is 0 Å². The average Bonchev–Trinajstić information content (AvgIpc) is 2.12. The van der Waals surface area contributed by atoms with E-state index in [1.165, 1.54) is 0 Å². The highest BCUT2D eigenvalue weighted by Gasteiger charge is 2.16. The van der Waals surface area contributed by atoms with Crippen LogP contribution in [0.3, 0.4) is 0 Å². The van der Waals surface area contributed by atoms with Gasteiger partial charge in [-0.1, -0.05) is 13.8 Å². The first-order valence-electron chi connectivity index (χ1n) is 3.57. The first kappa shape index (κ1) is 7.92. The lowest BCUT2D eigenvalue weighted by molar-refractivity contribution is 0.743. The predicted molar refractivity (Wildman–Crippen MR) is 48.0 cm³/mol. The molecule has 0 fully saturated rings. The molecule has 0 aromatic rings. The first-order valence-corrected chi connectivity index (χ1v) is 4.02. The Morgan fingerprint density at radius 3 is 2.80 bits per heavy atom. The molecular formula is C7H14N2S. The van der Waals surface area contributed by atoms with E-state index in [1.807, 2.05) is 0 Å². The Labute approximate surface area is 67.5 Å². The van der Waals surface area contributed by atoms with Gasteiger partial charge in [-0.15, -0.1) is 0 Å². The molecule has 0 aliphatic carbocycles. The predicted octanol–water partition coefficient (Wildman–Crippen LogP) is 1.09. The van der Waals surface area contributed by atoms with Crippen LogP contribution in [-0.2, 0) is 0 Å². The fourth-order valence-electron chi connectivity index (χ4n) is 0.975. The minimum absolute atomic E-state index is 0.0656. The zero-order chi connectivity index (χ0) is 7.61. The molecule has 0 saturated carbocycles. The van der Waals surface area contributed by atoms with E-state index in [9.17, 15) is 0 Å².